The van der Waals surface area contributed by atoms with Gasteiger partial charge in [-0.2, -0.15) is 0 Å². The summed E-state index contributed by atoms with van der Waals surface area (Å²) in [5, 5.41) is 17.3. The highest BCUT2D eigenvalue weighted by molar-refractivity contribution is 6.07. The number of esters is 1. The van der Waals surface area contributed by atoms with Gasteiger partial charge in [-0.15, -0.1) is 11.1 Å². The van der Waals surface area contributed by atoms with Crippen LogP contribution in [0, 0.1) is 0 Å². The lowest BCUT2D eigenvalue weighted by Gasteiger charge is -2.20. The summed E-state index contributed by atoms with van der Waals surface area (Å²) >= 11 is 0. The van der Waals surface area contributed by atoms with Crippen LogP contribution in [0.15, 0.2) is 91.3 Å². The molecular weight excluding hydrogens is 550 g/mol. The molecule has 2 aliphatic rings. The smallest absolute Gasteiger partial charge is 0.337 e. The van der Waals surface area contributed by atoms with Gasteiger partial charge in [0.25, 0.3) is 0 Å². The van der Waals surface area contributed by atoms with Crippen LogP contribution in [-0.2, 0) is 9.53 Å². The lowest BCUT2D eigenvalue weighted by Crippen LogP contribution is -2.36. The summed E-state index contributed by atoms with van der Waals surface area (Å²) in [5.41, 5.74) is 18.4. The molecular formula is C31H27N7O5. The van der Waals surface area contributed by atoms with Gasteiger partial charge >= 0.3 is 11.9 Å². The Morgan fingerprint density at radius 1 is 0.767 bits per heavy atom. The van der Waals surface area contributed by atoms with Crippen molar-refractivity contribution in [3.05, 3.63) is 114 Å². The summed E-state index contributed by atoms with van der Waals surface area (Å²) < 4.78 is 4.85. The van der Waals surface area contributed by atoms with Crippen molar-refractivity contribution in [2.24, 2.45) is 0 Å². The second-order valence-electron chi connectivity index (χ2n) is 9.76. The van der Waals surface area contributed by atoms with Crippen LogP contribution >= 0.6 is 0 Å². The molecule has 0 aliphatic carbocycles. The average Bonchev–Trinajstić information content (AvgIpc) is 3.71. The molecule has 6 N–H and O–H groups in total. The molecule has 0 saturated carbocycles. The highest BCUT2D eigenvalue weighted by Crippen LogP contribution is 2.32. The zero-order valence-electron chi connectivity index (χ0n) is 23.1. The molecule has 2 heterocycles. The fraction of sp³-hybridized carbons (Fsp3) is 0.0645. The van der Waals surface area contributed by atoms with Gasteiger partial charge < -0.3 is 26.0 Å². The molecule has 43 heavy (non-hydrogen) atoms. The fourth-order valence-corrected chi connectivity index (χ4v) is 4.97. The van der Waals surface area contributed by atoms with E-state index in [1.54, 1.807) is 41.4 Å². The number of nitrogens with one attached hydrogen (secondary N) is 5. The van der Waals surface area contributed by atoms with Gasteiger partial charge in [-0.05, 0) is 35.7 Å². The summed E-state index contributed by atoms with van der Waals surface area (Å²) in [7, 11) is 1.31. The first-order valence-electron chi connectivity index (χ1n) is 13.2. The minimum absolute atomic E-state index is 0.243. The first-order valence-corrected chi connectivity index (χ1v) is 13.2. The van der Waals surface area contributed by atoms with Gasteiger partial charge in [0.15, 0.2) is 0 Å². The second kappa shape index (κ2) is 11.2. The van der Waals surface area contributed by atoms with Gasteiger partial charge in [0, 0.05) is 35.8 Å². The summed E-state index contributed by atoms with van der Waals surface area (Å²) in [5.74, 6) is -1.71. The molecule has 0 unspecified atom stereocenters. The van der Waals surface area contributed by atoms with Crippen molar-refractivity contribution in [2.45, 2.75) is 6.92 Å². The van der Waals surface area contributed by atoms with Crippen LogP contribution in [0.2, 0.25) is 0 Å². The number of carboxylic acid groups (broad SMARTS) is 1. The van der Waals surface area contributed by atoms with Gasteiger partial charge in [0.05, 0.1) is 46.7 Å². The molecule has 0 spiro atoms. The number of methoxy groups -OCH3 is 1. The maximum absolute atomic E-state index is 12.1. The number of carbonyl (C=O) groups excluding carboxylic acids is 2. The Balaban J connectivity index is 1.24. The van der Waals surface area contributed by atoms with E-state index in [2.05, 4.69) is 27.2 Å². The SMILES string of the molecule is COC(=O)c1ccc(NC(C)=O)c(N2C=C(c3ccc(C4=CN(c5cccc6c(C(=O)O)cccc56)NN4)cc3)NN2)c1. The Labute approximate surface area is 246 Å². The first-order chi connectivity index (χ1) is 20.8. The number of nitrogens with zero attached hydrogens (tertiary/aromatic N) is 2. The van der Waals surface area contributed by atoms with Crippen LogP contribution < -0.4 is 37.3 Å². The van der Waals surface area contributed by atoms with E-state index in [0.29, 0.717) is 22.3 Å². The fourth-order valence-electron chi connectivity index (χ4n) is 4.97. The Hall–Kier alpha value is -5.85. The molecule has 12 nitrogen and oxygen atoms in total. The van der Waals surface area contributed by atoms with Gasteiger partial charge in [-0.1, -0.05) is 48.5 Å². The third-order valence-corrected chi connectivity index (χ3v) is 7.02. The van der Waals surface area contributed by atoms with Crippen LogP contribution in [-0.4, -0.2) is 30.1 Å². The molecule has 0 atom stereocenters. The number of carboxylic acids is 1. The number of fused-ring (bicyclic) bond motifs is 1. The Morgan fingerprint density at radius 3 is 1.98 bits per heavy atom. The number of benzene rings is 4. The van der Waals surface area contributed by atoms with E-state index >= 15 is 0 Å². The Kier molecular flexibility index (Phi) is 7.12. The van der Waals surface area contributed by atoms with Crippen molar-refractivity contribution in [3.63, 3.8) is 0 Å². The Bertz CT molecular complexity index is 1830. The molecule has 2 aliphatic heterocycles. The van der Waals surface area contributed by atoms with Crippen LogP contribution in [0.5, 0.6) is 0 Å². The predicted octanol–water partition coefficient (Wildman–Crippen LogP) is 3.94. The number of amides is 1. The topological polar surface area (TPSA) is 147 Å². The monoisotopic (exact) mass is 577 g/mol. The molecule has 0 radical (unpaired) electrons. The number of ether oxygens (including phenoxy) is 1. The van der Waals surface area contributed by atoms with Gasteiger partial charge in [0.2, 0.25) is 5.91 Å². The zero-order chi connectivity index (χ0) is 30.1. The molecule has 6 rings (SSSR count). The van der Waals surface area contributed by atoms with Gasteiger partial charge in [-0.25, -0.2) is 9.59 Å². The number of anilines is 3. The summed E-state index contributed by atoms with van der Waals surface area (Å²) in [6, 6.07) is 23.5. The number of hydrogen-bond donors (Lipinski definition) is 6. The van der Waals surface area contributed by atoms with Crippen molar-refractivity contribution in [2.75, 3.05) is 22.4 Å². The molecule has 0 fully saturated rings. The zero-order valence-corrected chi connectivity index (χ0v) is 23.1. The summed E-state index contributed by atoms with van der Waals surface area (Å²) in [6.45, 7) is 1.41. The van der Waals surface area contributed by atoms with E-state index in [4.69, 9.17) is 4.74 Å². The van der Waals surface area contributed by atoms with Crippen molar-refractivity contribution >= 4 is 57.1 Å². The number of hydrazine groups is 4. The number of hydrogen-bond acceptors (Lipinski definition) is 10. The lowest BCUT2D eigenvalue weighted by atomic mass is 10.0. The van der Waals surface area contributed by atoms with E-state index in [1.165, 1.54) is 14.0 Å². The van der Waals surface area contributed by atoms with E-state index < -0.39 is 11.9 Å². The van der Waals surface area contributed by atoms with Gasteiger partial charge in [0.1, 0.15) is 0 Å². The average molecular weight is 578 g/mol. The predicted molar refractivity (Wildman–Crippen MR) is 163 cm³/mol. The lowest BCUT2D eigenvalue weighted by molar-refractivity contribution is -0.114. The van der Waals surface area contributed by atoms with Crippen LogP contribution in [0.1, 0.15) is 38.8 Å². The second-order valence-corrected chi connectivity index (χ2v) is 9.76. The normalized spacial score (nSPS) is 14.1. The van der Waals surface area contributed by atoms with Crippen molar-refractivity contribution in [3.8, 4) is 0 Å². The first kappa shape index (κ1) is 27.3. The van der Waals surface area contributed by atoms with Crippen LogP contribution in [0.4, 0.5) is 17.1 Å². The molecule has 1 amide bonds. The highest BCUT2D eigenvalue weighted by Gasteiger charge is 2.21. The molecule has 4 aromatic carbocycles. The van der Waals surface area contributed by atoms with Gasteiger partial charge in [-0.3, -0.25) is 14.8 Å². The maximum Gasteiger partial charge on any atom is 0.337 e. The third kappa shape index (κ3) is 5.30. The van der Waals surface area contributed by atoms with Crippen molar-refractivity contribution in [1.29, 1.82) is 0 Å². The minimum atomic E-state index is -0.973. The highest BCUT2D eigenvalue weighted by atomic mass is 16.5. The van der Waals surface area contributed by atoms with E-state index in [1.807, 2.05) is 59.9 Å². The summed E-state index contributed by atoms with van der Waals surface area (Å²) in [6.07, 6.45) is 3.73. The Morgan fingerprint density at radius 2 is 1.37 bits per heavy atom. The minimum Gasteiger partial charge on any atom is -0.478 e. The molecule has 12 heteroatoms. The van der Waals surface area contributed by atoms with E-state index in [0.717, 1.165) is 33.6 Å². The molecule has 0 aromatic heterocycles. The maximum atomic E-state index is 12.1. The van der Waals surface area contributed by atoms with Crippen molar-refractivity contribution < 1.29 is 24.2 Å². The van der Waals surface area contributed by atoms with Crippen molar-refractivity contribution in [1.82, 2.24) is 21.9 Å². The number of aromatic carboxylic acids is 1. The summed E-state index contributed by atoms with van der Waals surface area (Å²) in [4.78, 5) is 35.6. The molecule has 4 aromatic rings. The van der Waals surface area contributed by atoms with Crippen LogP contribution in [0.3, 0.4) is 0 Å². The quantitative estimate of drug-likeness (QED) is 0.178. The molecule has 0 saturated heterocycles. The largest absolute Gasteiger partial charge is 0.478 e. The standard InChI is InChI=1S/C31H27N7O5/c1-18(39)32-25-14-13-21(31(42)43-2)15-29(25)38-17-27(34-36-38)20-11-9-19(10-12-20)26-16-37(35-33-26)28-8-4-5-22-23(28)6-3-7-24(22)30(40)41/h3-17,33-36H,1-2H3,(H,32,39)(H,40,41). The van der Waals surface area contributed by atoms with E-state index in [-0.39, 0.29) is 11.5 Å². The van der Waals surface area contributed by atoms with E-state index in [9.17, 15) is 19.5 Å². The third-order valence-electron chi connectivity index (χ3n) is 7.02. The molecule has 0 bridgehead atoms. The van der Waals surface area contributed by atoms with Crippen LogP contribution in [0.25, 0.3) is 22.2 Å². The molecule has 216 valence electrons. The number of carbonyl (C=O) groups is 3. The number of rotatable bonds is 7.